The molecule has 0 aliphatic carbocycles. The standard InChI is InChI=1S/C16H22N2O4/c1-12(15(19)17-10-14-8-5-9-21-14)18-16(20)22-11-13-6-3-2-4-7-13/h2-4,6-7,12,14H,5,8-11H2,1H3,(H,17,19)(H,18,20)/t12-,14-/m0/s1. The predicted molar refractivity (Wildman–Crippen MR) is 81.2 cm³/mol. The lowest BCUT2D eigenvalue weighted by Crippen LogP contribution is -2.46. The molecule has 0 bridgehead atoms. The van der Waals surface area contributed by atoms with Gasteiger partial charge in [-0.05, 0) is 25.3 Å². The van der Waals surface area contributed by atoms with E-state index in [1.54, 1.807) is 6.92 Å². The van der Waals surface area contributed by atoms with Gasteiger partial charge in [-0.25, -0.2) is 4.79 Å². The number of ether oxygens (including phenoxy) is 2. The third-order valence-corrected chi connectivity index (χ3v) is 3.47. The van der Waals surface area contributed by atoms with Crippen LogP contribution in [0.5, 0.6) is 0 Å². The fourth-order valence-corrected chi connectivity index (χ4v) is 2.18. The molecule has 1 heterocycles. The van der Waals surface area contributed by atoms with Crippen molar-refractivity contribution < 1.29 is 19.1 Å². The summed E-state index contributed by atoms with van der Waals surface area (Å²) in [7, 11) is 0. The molecule has 1 saturated heterocycles. The highest BCUT2D eigenvalue weighted by atomic mass is 16.5. The van der Waals surface area contributed by atoms with Gasteiger partial charge in [0.1, 0.15) is 12.6 Å². The molecule has 1 aliphatic heterocycles. The van der Waals surface area contributed by atoms with Crippen molar-refractivity contribution in [1.82, 2.24) is 10.6 Å². The van der Waals surface area contributed by atoms with Crippen molar-refractivity contribution >= 4 is 12.0 Å². The molecule has 2 rings (SSSR count). The van der Waals surface area contributed by atoms with Crippen LogP contribution in [0.25, 0.3) is 0 Å². The Morgan fingerprint density at radius 2 is 2.14 bits per heavy atom. The van der Waals surface area contributed by atoms with Crippen LogP contribution in [-0.2, 0) is 20.9 Å². The van der Waals surface area contributed by atoms with Gasteiger partial charge in [-0.15, -0.1) is 0 Å². The van der Waals surface area contributed by atoms with Crippen LogP contribution in [0.2, 0.25) is 0 Å². The van der Waals surface area contributed by atoms with E-state index in [1.807, 2.05) is 30.3 Å². The first-order chi connectivity index (χ1) is 10.6. The molecule has 0 unspecified atom stereocenters. The summed E-state index contributed by atoms with van der Waals surface area (Å²) in [4.78, 5) is 23.5. The first-order valence-corrected chi connectivity index (χ1v) is 7.51. The molecule has 2 N–H and O–H groups in total. The number of nitrogens with one attached hydrogen (secondary N) is 2. The summed E-state index contributed by atoms with van der Waals surface area (Å²) in [5, 5.41) is 5.28. The summed E-state index contributed by atoms with van der Waals surface area (Å²) in [6.07, 6.45) is 1.46. The van der Waals surface area contributed by atoms with E-state index < -0.39 is 12.1 Å². The second kappa shape index (κ2) is 8.38. The lowest BCUT2D eigenvalue weighted by molar-refractivity contribution is -0.123. The average Bonchev–Trinajstić information content (AvgIpc) is 3.05. The highest BCUT2D eigenvalue weighted by Gasteiger charge is 2.20. The summed E-state index contributed by atoms with van der Waals surface area (Å²) in [6.45, 7) is 3.02. The largest absolute Gasteiger partial charge is 0.445 e. The summed E-state index contributed by atoms with van der Waals surface area (Å²) >= 11 is 0. The zero-order valence-electron chi connectivity index (χ0n) is 12.7. The maximum atomic E-state index is 11.9. The Balaban J connectivity index is 1.65. The minimum atomic E-state index is -0.648. The fraction of sp³-hybridized carbons (Fsp3) is 0.500. The molecule has 22 heavy (non-hydrogen) atoms. The molecule has 0 spiro atoms. The molecule has 1 aromatic rings. The van der Waals surface area contributed by atoms with E-state index in [4.69, 9.17) is 9.47 Å². The van der Waals surface area contributed by atoms with Crippen molar-refractivity contribution in [1.29, 1.82) is 0 Å². The third-order valence-electron chi connectivity index (χ3n) is 3.47. The van der Waals surface area contributed by atoms with E-state index in [9.17, 15) is 9.59 Å². The Kier molecular flexibility index (Phi) is 6.21. The number of amides is 2. The molecule has 6 heteroatoms. The smallest absolute Gasteiger partial charge is 0.408 e. The Morgan fingerprint density at radius 1 is 1.36 bits per heavy atom. The van der Waals surface area contributed by atoms with Gasteiger partial charge in [-0.3, -0.25) is 4.79 Å². The van der Waals surface area contributed by atoms with Gasteiger partial charge < -0.3 is 20.1 Å². The molecule has 0 radical (unpaired) electrons. The number of carbonyl (C=O) groups is 2. The first kappa shape index (κ1) is 16.3. The Morgan fingerprint density at radius 3 is 2.82 bits per heavy atom. The topological polar surface area (TPSA) is 76.7 Å². The zero-order chi connectivity index (χ0) is 15.8. The van der Waals surface area contributed by atoms with Crippen LogP contribution < -0.4 is 10.6 Å². The monoisotopic (exact) mass is 306 g/mol. The Labute approximate surface area is 130 Å². The molecule has 2 amide bonds. The Bertz CT molecular complexity index is 486. The number of rotatable bonds is 6. The highest BCUT2D eigenvalue weighted by molar-refractivity contribution is 5.85. The van der Waals surface area contributed by atoms with Gasteiger partial charge in [0.05, 0.1) is 6.10 Å². The van der Waals surface area contributed by atoms with Crippen molar-refractivity contribution in [2.24, 2.45) is 0 Å². The molecule has 1 aliphatic rings. The fourth-order valence-electron chi connectivity index (χ4n) is 2.18. The second-order valence-electron chi connectivity index (χ2n) is 5.31. The average molecular weight is 306 g/mol. The van der Waals surface area contributed by atoms with Gasteiger partial charge in [-0.1, -0.05) is 30.3 Å². The minimum Gasteiger partial charge on any atom is -0.445 e. The predicted octanol–water partition coefficient (Wildman–Crippen LogP) is 1.60. The molecule has 120 valence electrons. The van der Waals surface area contributed by atoms with Crippen LogP contribution in [-0.4, -0.2) is 37.3 Å². The highest BCUT2D eigenvalue weighted by Crippen LogP contribution is 2.10. The van der Waals surface area contributed by atoms with Crippen molar-refractivity contribution in [3.8, 4) is 0 Å². The first-order valence-electron chi connectivity index (χ1n) is 7.51. The van der Waals surface area contributed by atoms with Gasteiger partial charge in [0.25, 0.3) is 0 Å². The normalized spacial score (nSPS) is 18.5. The number of benzene rings is 1. The number of carbonyl (C=O) groups excluding carboxylic acids is 2. The quantitative estimate of drug-likeness (QED) is 0.837. The van der Waals surface area contributed by atoms with Crippen LogP contribution in [0.15, 0.2) is 30.3 Å². The maximum Gasteiger partial charge on any atom is 0.408 e. The molecule has 6 nitrogen and oxygen atoms in total. The van der Waals surface area contributed by atoms with E-state index >= 15 is 0 Å². The van der Waals surface area contributed by atoms with E-state index in [0.29, 0.717) is 6.54 Å². The molecular weight excluding hydrogens is 284 g/mol. The molecule has 1 fully saturated rings. The van der Waals surface area contributed by atoms with Crippen LogP contribution >= 0.6 is 0 Å². The minimum absolute atomic E-state index is 0.0844. The summed E-state index contributed by atoms with van der Waals surface area (Å²) in [6, 6.07) is 8.72. The number of hydrogen-bond donors (Lipinski definition) is 2. The Hall–Kier alpha value is -2.08. The summed E-state index contributed by atoms with van der Waals surface area (Å²) in [5.74, 6) is -0.243. The molecule has 0 aromatic heterocycles. The molecule has 0 saturated carbocycles. The molecule has 2 atom stereocenters. The van der Waals surface area contributed by atoms with Crippen molar-refractivity contribution in [2.45, 2.75) is 38.5 Å². The van der Waals surface area contributed by atoms with Crippen LogP contribution in [0.3, 0.4) is 0 Å². The van der Waals surface area contributed by atoms with Gasteiger partial charge in [-0.2, -0.15) is 0 Å². The van der Waals surface area contributed by atoms with Crippen molar-refractivity contribution in [2.75, 3.05) is 13.2 Å². The zero-order valence-corrected chi connectivity index (χ0v) is 12.7. The van der Waals surface area contributed by atoms with Gasteiger partial charge in [0, 0.05) is 13.2 Å². The molecular formula is C16H22N2O4. The van der Waals surface area contributed by atoms with Crippen molar-refractivity contribution in [3.63, 3.8) is 0 Å². The summed E-state index contributed by atoms with van der Waals surface area (Å²) in [5.41, 5.74) is 0.896. The SMILES string of the molecule is C[C@H](NC(=O)OCc1ccccc1)C(=O)NC[C@@H]1CCCO1. The lowest BCUT2D eigenvalue weighted by Gasteiger charge is -2.16. The van der Waals surface area contributed by atoms with Gasteiger partial charge in [0.15, 0.2) is 0 Å². The van der Waals surface area contributed by atoms with Crippen molar-refractivity contribution in [3.05, 3.63) is 35.9 Å². The van der Waals surface area contributed by atoms with Crippen LogP contribution in [0, 0.1) is 0 Å². The van der Waals surface area contributed by atoms with Gasteiger partial charge >= 0.3 is 6.09 Å². The van der Waals surface area contributed by atoms with E-state index in [2.05, 4.69) is 10.6 Å². The van der Waals surface area contributed by atoms with E-state index in [0.717, 1.165) is 25.0 Å². The van der Waals surface area contributed by atoms with Gasteiger partial charge in [0.2, 0.25) is 5.91 Å². The van der Waals surface area contributed by atoms with E-state index in [1.165, 1.54) is 0 Å². The summed E-state index contributed by atoms with van der Waals surface area (Å²) < 4.78 is 10.5. The molecule has 1 aromatic carbocycles. The maximum absolute atomic E-state index is 11.9. The number of hydrogen-bond acceptors (Lipinski definition) is 4. The van der Waals surface area contributed by atoms with Crippen LogP contribution in [0.1, 0.15) is 25.3 Å². The van der Waals surface area contributed by atoms with E-state index in [-0.39, 0.29) is 18.6 Å². The second-order valence-corrected chi connectivity index (χ2v) is 5.31. The lowest BCUT2D eigenvalue weighted by atomic mass is 10.2. The van der Waals surface area contributed by atoms with Crippen LogP contribution in [0.4, 0.5) is 4.79 Å². The third kappa shape index (κ3) is 5.37. The number of alkyl carbamates (subject to hydrolysis) is 1.